The molecule has 0 spiro atoms. The van der Waals surface area contributed by atoms with Crippen LogP contribution in [0.3, 0.4) is 0 Å². The van der Waals surface area contributed by atoms with Crippen molar-refractivity contribution in [1.82, 2.24) is 10.3 Å². The molecule has 1 aliphatic heterocycles. The molecule has 0 atom stereocenters. The van der Waals surface area contributed by atoms with Gasteiger partial charge in [-0.15, -0.1) is 0 Å². The molecule has 1 aromatic heterocycles. The van der Waals surface area contributed by atoms with Gasteiger partial charge in [-0.2, -0.15) is 0 Å². The van der Waals surface area contributed by atoms with Gasteiger partial charge in [0.1, 0.15) is 0 Å². The first-order valence-electron chi connectivity index (χ1n) is 9.20. The average molecular weight is 361 g/mol. The third-order valence-electron chi connectivity index (χ3n) is 4.91. The van der Waals surface area contributed by atoms with Crippen LogP contribution in [-0.2, 0) is 4.74 Å². The second-order valence-electron chi connectivity index (χ2n) is 6.66. The van der Waals surface area contributed by atoms with Crippen molar-refractivity contribution in [3.8, 4) is 0 Å². The maximum atomic E-state index is 12.4. The lowest BCUT2D eigenvalue weighted by atomic mass is 10.1. The highest BCUT2D eigenvalue weighted by Crippen LogP contribution is 2.22. The molecule has 2 heterocycles. The minimum absolute atomic E-state index is 0.114. The zero-order chi connectivity index (χ0) is 18.6. The number of nitrogens with one attached hydrogen (secondary N) is 2. The molecule has 0 bridgehead atoms. The highest BCUT2D eigenvalue weighted by molar-refractivity contribution is 5.96. The predicted octanol–water partition coefficient (Wildman–Crippen LogP) is 3.71. The fourth-order valence-corrected chi connectivity index (χ4v) is 3.44. The van der Waals surface area contributed by atoms with Crippen LogP contribution < -0.4 is 10.2 Å². The monoisotopic (exact) mass is 361 g/mol. The van der Waals surface area contributed by atoms with Crippen molar-refractivity contribution in [2.75, 3.05) is 31.2 Å². The Labute approximate surface area is 158 Å². The molecule has 3 aromatic rings. The molecule has 0 aliphatic carbocycles. The molecule has 1 aliphatic rings. The van der Waals surface area contributed by atoms with Gasteiger partial charge in [0, 0.05) is 52.7 Å². The predicted molar refractivity (Wildman–Crippen MR) is 109 cm³/mol. The first-order valence-corrected chi connectivity index (χ1v) is 9.20. The van der Waals surface area contributed by atoms with Gasteiger partial charge in [-0.1, -0.05) is 18.2 Å². The fraction of sp³-hybridized carbons (Fsp3) is 0.227. The Hall–Kier alpha value is -3.05. The van der Waals surface area contributed by atoms with E-state index in [0.29, 0.717) is 5.56 Å². The molecule has 5 nitrogen and oxygen atoms in total. The van der Waals surface area contributed by atoms with E-state index in [0.717, 1.165) is 54.2 Å². The number of ether oxygens (including phenoxy) is 1. The van der Waals surface area contributed by atoms with Gasteiger partial charge < -0.3 is 19.9 Å². The van der Waals surface area contributed by atoms with E-state index in [9.17, 15) is 4.79 Å². The Morgan fingerprint density at radius 1 is 1.11 bits per heavy atom. The number of nitrogens with zero attached hydrogens (tertiary/aromatic N) is 1. The molecule has 4 rings (SSSR count). The standard InChI is InChI=1S/C22H23N3O2/c1-16-19(20-4-2-3-5-21(20)24-16)10-11-23-22(26)17-6-8-18(9-7-17)25-12-14-27-15-13-25/h2-11,24H,12-15H2,1H3,(H,23,26)/b11-10+. The number of aryl methyl sites for hydroxylation is 1. The van der Waals surface area contributed by atoms with Crippen LogP contribution in [0.4, 0.5) is 5.69 Å². The molecule has 1 amide bonds. The lowest BCUT2D eigenvalue weighted by molar-refractivity contribution is 0.0970. The summed E-state index contributed by atoms with van der Waals surface area (Å²) < 4.78 is 5.38. The SMILES string of the molecule is Cc1[nH]c2ccccc2c1/C=C/NC(=O)c1ccc(N2CCOCC2)cc1. The number of anilines is 1. The number of H-pyrrole nitrogens is 1. The number of aromatic nitrogens is 1. The Kier molecular flexibility index (Phi) is 4.94. The second kappa shape index (κ2) is 7.68. The van der Waals surface area contributed by atoms with Gasteiger partial charge in [-0.25, -0.2) is 0 Å². The van der Waals surface area contributed by atoms with Crippen molar-refractivity contribution < 1.29 is 9.53 Å². The van der Waals surface area contributed by atoms with Crippen LogP contribution >= 0.6 is 0 Å². The van der Waals surface area contributed by atoms with Gasteiger partial charge in [0.2, 0.25) is 0 Å². The van der Waals surface area contributed by atoms with Crippen molar-refractivity contribution in [3.05, 3.63) is 71.6 Å². The molecule has 138 valence electrons. The third kappa shape index (κ3) is 3.73. The molecule has 2 aromatic carbocycles. The zero-order valence-corrected chi connectivity index (χ0v) is 15.4. The maximum Gasteiger partial charge on any atom is 0.255 e. The van der Waals surface area contributed by atoms with Crippen LogP contribution in [0.2, 0.25) is 0 Å². The number of hydrogen-bond donors (Lipinski definition) is 2. The molecule has 0 radical (unpaired) electrons. The van der Waals surface area contributed by atoms with Gasteiger partial charge in [0.25, 0.3) is 5.91 Å². The van der Waals surface area contributed by atoms with Gasteiger partial charge in [-0.3, -0.25) is 4.79 Å². The van der Waals surface area contributed by atoms with E-state index in [1.165, 1.54) is 0 Å². The average Bonchev–Trinajstić information content (AvgIpc) is 3.04. The van der Waals surface area contributed by atoms with Gasteiger partial charge >= 0.3 is 0 Å². The number of hydrogen-bond acceptors (Lipinski definition) is 3. The summed E-state index contributed by atoms with van der Waals surface area (Å²) in [5.41, 5.74) is 5.04. The highest BCUT2D eigenvalue weighted by atomic mass is 16.5. The van der Waals surface area contributed by atoms with E-state index in [2.05, 4.69) is 21.3 Å². The van der Waals surface area contributed by atoms with Gasteiger partial charge in [0.05, 0.1) is 13.2 Å². The van der Waals surface area contributed by atoms with Crippen LogP contribution in [-0.4, -0.2) is 37.2 Å². The summed E-state index contributed by atoms with van der Waals surface area (Å²) >= 11 is 0. The molecule has 2 N–H and O–H groups in total. The topological polar surface area (TPSA) is 57.4 Å². The number of carbonyl (C=O) groups is 1. The van der Waals surface area contributed by atoms with Crippen LogP contribution in [0.15, 0.2) is 54.7 Å². The molecular weight excluding hydrogens is 338 g/mol. The van der Waals surface area contributed by atoms with E-state index in [1.807, 2.05) is 55.5 Å². The summed E-state index contributed by atoms with van der Waals surface area (Å²) in [5.74, 6) is -0.114. The Bertz CT molecular complexity index is 967. The van der Waals surface area contributed by atoms with Crippen LogP contribution in [0.5, 0.6) is 0 Å². The summed E-state index contributed by atoms with van der Waals surface area (Å²) in [5, 5.41) is 4.01. The molecule has 5 heteroatoms. The summed E-state index contributed by atoms with van der Waals surface area (Å²) in [6.45, 7) is 5.31. The summed E-state index contributed by atoms with van der Waals surface area (Å²) in [4.78, 5) is 18.0. The molecule has 0 unspecified atom stereocenters. The third-order valence-corrected chi connectivity index (χ3v) is 4.91. The highest BCUT2D eigenvalue weighted by Gasteiger charge is 2.12. The minimum atomic E-state index is -0.114. The first-order chi connectivity index (χ1) is 13.2. The molecular formula is C22H23N3O2. The number of morpholine rings is 1. The first kappa shape index (κ1) is 17.4. The Morgan fingerprint density at radius 3 is 2.63 bits per heavy atom. The van der Waals surface area contributed by atoms with E-state index < -0.39 is 0 Å². The summed E-state index contributed by atoms with van der Waals surface area (Å²) in [6.07, 6.45) is 3.65. The smallest absolute Gasteiger partial charge is 0.255 e. The number of para-hydroxylation sites is 1. The Balaban J connectivity index is 1.43. The van der Waals surface area contributed by atoms with Crippen molar-refractivity contribution in [1.29, 1.82) is 0 Å². The summed E-state index contributed by atoms with van der Waals surface area (Å²) in [6, 6.07) is 15.9. The quantitative estimate of drug-likeness (QED) is 0.745. The number of fused-ring (bicyclic) bond motifs is 1. The van der Waals surface area contributed by atoms with Crippen molar-refractivity contribution in [3.63, 3.8) is 0 Å². The number of carbonyl (C=O) groups excluding carboxylic acids is 1. The maximum absolute atomic E-state index is 12.4. The largest absolute Gasteiger partial charge is 0.378 e. The minimum Gasteiger partial charge on any atom is -0.378 e. The Morgan fingerprint density at radius 2 is 1.85 bits per heavy atom. The number of aromatic amines is 1. The molecule has 1 fully saturated rings. The lowest BCUT2D eigenvalue weighted by Crippen LogP contribution is -2.36. The molecule has 27 heavy (non-hydrogen) atoms. The van der Waals surface area contributed by atoms with Gasteiger partial charge in [0.15, 0.2) is 0 Å². The van der Waals surface area contributed by atoms with Crippen molar-refractivity contribution in [2.45, 2.75) is 6.92 Å². The lowest BCUT2D eigenvalue weighted by Gasteiger charge is -2.28. The van der Waals surface area contributed by atoms with Crippen LogP contribution in [0, 0.1) is 6.92 Å². The number of benzene rings is 2. The van der Waals surface area contributed by atoms with Gasteiger partial charge in [-0.05, 0) is 43.3 Å². The van der Waals surface area contributed by atoms with E-state index >= 15 is 0 Å². The fourth-order valence-electron chi connectivity index (χ4n) is 3.44. The van der Waals surface area contributed by atoms with E-state index in [4.69, 9.17) is 4.74 Å². The summed E-state index contributed by atoms with van der Waals surface area (Å²) in [7, 11) is 0. The van der Waals surface area contributed by atoms with E-state index in [-0.39, 0.29) is 5.91 Å². The number of rotatable bonds is 4. The van der Waals surface area contributed by atoms with E-state index in [1.54, 1.807) is 6.20 Å². The van der Waals surface area contributed by atoms with Crippen molar-refractivity contribution >= 4 is 28.6 Å². The molecule has 1 saturated heterocycles. The van der Waals surface area contributed by atoms with Crippen molar-refractivity contribution in [2.24, 2.45) is 0 Å². The molecule has 0 saturated carbocycles. The normalized spacial score (nSPS) is 14.8. The number of amides is 1. The zero-order valence-electron chi connectivity index (χ0n) is 15.4. The van der Waals surface area contributed by atoms with Crippen LogP contribution in [0.1, 0.15) is 21.6 Å². The van der Waals surface area contributed by atoms with Crippen LogP contribution in [0.25, 0.3) is 17.0 Å². The second-order valence-corrected chi connectivity index (χ2v) is 6.66.